The van der Waals surface area contributed by atoms with Gasteiger partial charge in [0.25, 0.3) is 0 Å². The van der Waals surface area contributed by atoms with Gasteiger partial charge in [0, 0.05) is 35.2 Å². The molecule has 334 valence electrons. The summed E-state index contributed by atoms with van der Waals surface area (Å²) in [6, 6.07) is 37.2. The van der Waals surface area contributed by atoms with Crippen LogP contribution < -0.4 is 18.9 Å². The van der Waals surface area contributed by atoms with Crippen LogP contribution in [0.4, 0.5) is 0 Å². The summed E-state index contributed by atoms with van der Waals surface area (Å²) in [5, 5.41) is 3.54. The first-order chi connectivity index (χ1) is 31.4. The van der Waals surface area contributed by atoms with Gasteiger partial charge in [-0.25, -0.2) is 9.59 Å². The number of rotatable bonds is 23. The number of carbonyl (C=O) groups excluding carboxylic acids is 2. The van der Waals surface area contributed by atoms with Crippen LogP contribution >= 0.6 is 0 Å². The lowest BCUT2D eigenvalue weighted by atomic mass is 9.84. The van der Waals surface area contributed by atoms with Gasteiger partial charge in [-0.2, -0.15) is 0 Å². The highest BCUT2D eigenvalue weighted by atomic mass is 16.5. The van der Waals surface area contributed by atoms with Gasteiger partial charge in [0.2, 0.25) is 0 Å². The first-order valence-electron chi connectivity index (χ1n) is 22.6. The Kier molecular flexibility index (Phi) is 14.9. The SMILES string of the molecule is CCC1(COCCCCOc2ccc(C(=O)Oc3ccc4ccccc4c3-c3c(OC(=O)c4ccc(OCCCCOCC5(CC)COC5)cc4)ccc4ccccc34)cc2)COC1. The monoisotopic (exact) mass is 866 g/mol. The highest BCUT2D eigenvalue weighted by Gasteiger charge is 2.37. The molecular formula is C54H58O10. The van der Waals surface area contributed by atoms with E-state index in [1.165, 1.54) is 0 Å². The summed E-state index contributed by atoms with van der Waals surface area (Å²) in [5.74, 6) is 0.950. The number of ether oxygens (including phenoxy) is 8. The number of hydrogen-bond donors (Lipinski definition) is 0. The average molecular weight is 867 g/mol. The van der Waals surface area contributed by atoms with Gasteiger partial charge >= 0.3 is 11.9 Å². The number of carbonyl (C=O) groups is 2. The Bertz CT molecular complexity index is 2300. The van der Waals surface area contributed by atoms with Crippen molar-refractivity contribution in [3.63, 3.8) is 0 Å². The Balaban J connectivity index is 0.924. The molecule has 6 aromatic carbocycles. The molecule has 0 atom stereocenters. The molecule has 10 heteroatoms. The van der Waals surface area contributed by atoms with E-state index in [1.54, 1.807) is 60.7 Å². The summed E-state index contributed by atoms with van der Waals surface area (Å²) in [6.45, 7) is 11.4. The molecule has 6 aromatic rings. The standard InChI is InChI=1S/C54H58O10/c1-3-53(35-59-36-53)33-57-29-9-11-31-61-43-23-17-41(18-24-43)51(55)63-47-27-21-39-13-5-7-15-45(39)49(47)50-46-16-8-6-14-40(46)22-28-48(50)64-52(56)42-19-25-44(26-20-42)62-32-12-10-30-58-34-54(4-2)37-60-38-54/h5-8,13-28H,3-4,9-12,29-38H2,1-2H3. The molecule has 0 amide bonds. The molecule has 2 aliphatic heterocycles. The van der Waals surface area contributed by atoms with E-state index in [-0.39, 0.29) is 10.8 Å². The zero-order valence-corrected chi connectivity index (χ0v) is 36.9. The largest absolute Gasteiger partial charge is 0.494 e. The summed E-state index contributed by atoms with van der Waals surface area (Å²) in [5.41, 5.74) is 2.39. The molecule has 2 fully saturated rings. The van der Waals surface area contributed by atoms with Crippen molar-refractivity contribution in [3.8, 4) is 34.1 Å². The topological polar surface area (TPSA) is 108 Å². The lowest BCUT2D eigenvalue weighted by molar-refractivity contribution is -0.150. The number of hydrogen-bond acceptors (Lipinski definition) is 10. The molecule has 0 N–H and O–H groups in total. The number of fused-ring (bicyclic) bond motifs is 2. The fourth-order valence-electron chi connectivity index (χ4n) is 8.01. The van der Waals surface area contributed by atoms with E-state index >= 15 is 0 Å². The zero-order valence-electron chi connectivity index (χ0n) is 36.9. The van der Waals surface area contributed by atoms with Crippen molar-refractivity contribution >= 4 is 33.5 Å². The molecule has 0 aliphatic carbocycles. The Morgan fingerprint density at radius 1 is 0.484 bits per heavy atom. The Morgan fingerprint density at radius 3 is 1.25 bits per heavy atom. The van der Waals surface area contributed by atoms with Crippen LogP contribution in [0.5, 0.6) is 23.0 Å². The van der Waals surface area contributed by atoms with Crippen LogP contribution in [0.2, 0.25) is 0 Å². The van der Waals surface area contributed by atoms with E-state index in [1.807, 2.05) is 60.7 Å². The van der Waals surface area contributed by atoms with Gasteiger partial charge in [0.15, 0.2) is 0 Å². The molecule has 0 spiro atoms. The second kappa shape index (κ2) is 21.3. The molecule has 0 radical (unpaired) electrons. The maximum absolute atomic E-state index is 13.9. The van der Waals surface area contributed by atoms with Crippen LogP contribution in [0.15, 0.2) is 121 Å². The van der Waals surface area contributed by atoms with Crippen LogP contribution in [0.1, 0.15) is 73.1 Å². The van der Waals surface area contributed by atoms with Crippen molar-refractivity contribution < 1.29 is 47.5 Å². The van der Waals surface area contributed by atoms with Crippen LogP contribution in [0.25, 0.3) is 32.7 Å². The van der Waals surface area contributed by atoms with E-state index < -0.39 is 11.9 Å². The minimum absolute atomic E-state index is 0.190. The molecular weight excluding hydrogens is 809 g/mol. The summed E-state index contributed by atoms with van der Waals surface area (Å²) in [4.78, 5) is 27.7. The minimum atomic E-state index is -0.527. The lowest BCUT2D eigenvalue weighted by Crippen LogP contribution is -2.45. The molecule has 10 nitrogen and oxygen atoms in total. The van der Waals surface area contributed by atoms with E-state index in [9.17, 15) is 9.59 Å². The van der Waals surface area contributed by atoms with Gasteiger partial charge in [0.1, 0.15) is 23.0 Å². The highest BCUT2D eigenvalue weighted by Crippen LogP contribution is 2.46. The predicted octanol–water partition coefficient (Wildman–Crippen LogP) is 11.3. The van der Waals surface area contributed by atoms with Crippen LogP contribution in [-0.4, -0.2) is 78.0 Å². The van der Waals surface area contributed by atoms with Crippen LogP contribution in [0, 0.1) is 10.8 Å². The third kappa shape index (κ3) is 10.8. The maximum atomic E-state index is 13.9. The summed E-state index contributed by atoms with van der Waals surface area (Å²) >= 11 is 0. The van der Waals surface area contributed by atoms with Gasteiger partial charge in [-0.3, -0.25) is 0 Å². The second-order valence-corrected chi connectivity index (χ2v) is 17.1. The van der Waals surface area contributed by atoms with Crippen molar-refractivity contribution in [3.05, 3.63) is 132 Å². The van der Waals surface area contributed by atoms with Crippen LogP contribution in [-0.2, 0) is 18.9 Å². The van der Waals surface area contributed by atoms with Crippen molar-refractivity contribution in [1.29, 1.82) is 0 Å². The van der Waals surface area contributed by atoms with Crippen molar-refractivity contribution in [2.45, 2.75) is 52.4 Å². The molecule has 2 saturated heterocycles. The third-order valence-corrected chi connectivity index (χ3v) is 12.5. The fraction of sp³-hybridized carbons (Fsp3) is 0.370. The van der Waals surface area contributed by atoms with E-state index in [0.717, 1.165) is 99.7 Å². The molecule has 2 heterocycles. The number of esters is 2. The first kappa shape index (κ1) is 44.8. The van der Waals surface area contributed by atoms with Gasteiger partial charge in [0.05, 0.1) is 64.0 Å². The fourth-order valence-corrected chi connectivity index (χ4v) is 8.01. The highest BCUT2D eigenvalue weighted by molar-refractivity contribution is 6.11. The Morgan fingerprint density at radius 2 is 0.875 bits per heavy atom. The molecule has 2 aliphatic rings. The third-order valence-electron chi connectivity index (χ3n) is 12.5. The van der Waals surface area contributed by atoms with E-state index in [4.69, 9.17) is 37.9 Å². The molecule has 8 rings (SSSR count). The zero-order chi connectivity index (χ0) is 44.2. The van der Waals surface area contributed by atoms with Crippen molar-refractivity contribution in [2.75, 3.05) is 66.1 Å². The van der Waals surface area contributed by atoms with Gasteiger partial charge < -0.3 is 37.9 Å². The Labute approximate surface area is 375 Å². The molecule has 0 saturated carbocycles. The van der Waals surface area contributed by atoms with Crippen molar-refractivity contribution in [1.82, 2.24) is 0 Å². The lowest BCUT2D eigenvalue weighted by Gasteiger charge is -2.40. The summed E-state index contributed by atoms with van der Waals surface area (Å²) in [7, 11) is 0. The minimum Gasteiger partial charge on any atom is -0.494 e. The molecule has 64 heavy (non-hydrogen) atoms. The normalized spacial score (nSPS) is 15.0. The predicted molar refractivity (Wildman–Crippen MR) is 248 cm³/mol. The van der Waals surface area contributed by atoms with Gasteiger partial charge in [-0.15, -0.1) is 0 Å². The van der Waals surface area contributed by atoms with Crippen LogP contribution in [0.3, 0.4) is 0 Å². The average Bonchev–Trinajstić information content (AvgIpc) is 3.30. The second-order valence-electron chi connectivity index (χ2n) is 17.1. The maximum Gasteiger partial charge on any atom is 0.343 e. The van der Waals surface area contributed by atoms with E-state index in [0.29, 0.717) is 71.7 Å². The quantitative estimate of drug-likeness (QED) is 0.0351. The van der Waals surface area contributed by atoms with E-state index in [2.05, 4.69) is 13.8 Å². The number of benzene rings is 6. The number of unbranched alkanes of at least 4 members (excludes halogenated alkanes) is 2. The molecule has 0 aromatic heterocycles. The summed E-state index contributed by atoms with van der Waals surface area (Å²) < 4.78 is 47.0. The van der Waals surface area contributed by atoms with Gasteiger partial charge in [-0.05, 0) is 121 Å². The summed E-state index contributed by atoms with van der Waals surface area (Å²) in [6.07, 6.45) is 5.62. The van der Waals surface area contributed by atoms with Crippen molar-refractivity contribution in [2.24, 2.45) is 10.8 Å². The molecule has 0 unspecified atom stereocenters. The Hall–Kier alpha value is -5.78. The first-order valence-corrected chi connectivity index (χ1v) is 22.6. The van der Waals surface area contributed by atoms with Gasteiger partial charge in [-0.1, -0.05) is 74.5 Å². The molecule has 0 bridgehead atoms. The smallest absolute Gasteiger partial charge is 0.343 e.